The normalized spacial score (nSPS) is 10.4. The number of carbonyl (C=O) groups excluding carboxylic acids is 2. The molecule has 23 heavy (non-hydrogen) atoms. The summed E-state index contributed by atoms with van der Waals surface area (Å²) in [6.07, 6.45) is 0. The van der Waals surface area contributed by atoms with Crippen molar-refractivity contribution >= 4 is 22.7 Å². The Morgan fingerprint density at radius 3 is 2.52 bits per heavy atom. The maximum atomic E-state index is 12.1. The van der Waals surface area contributed by atoms with Crippen molar-refractivity contribution in [1.29, 1.82) is 0 Å². The minimum atomic E-state index is -0.377. The summed E-state index contributed by atoms with van der Waals surface area (Å²) in [5, 5.41) is 12.9. The number of carbonyl (C=O) groups is 2. The molecule has 6 nitrogen and oxygen atoms in total. The lowest BCUT2D eigenvalue weighted by Gasteiger charge is -2.06. The Morgan fingerprint density at radius 1 is 0.957 bits per heavy atom. The molecule has 0 aliphatic heterocycles. The molecule has 0 saturated carbocycles. The molecule has 3 rings (SSSR count). The van der Waals surface area contributed by atoms with E-state index in [1.54, 1.807) is 0 Å². The molecule has 1 heterocycles. The molecule has 0 atom stereocenters. The number of aromatic amines is 1. The van der Waals surface area contributed by atoms with Gasteiger partial charge in [0.15, 0.2) is 5.69 Å². The Kier molecular flexibility index (Phi) is 4.33. The number of fused-ring (bicyclic) bond motifs is 1. The molecule has 0 unspecified atom stereocenters. The molecule has 6 heteroatoms. The van der Waals surface area contributed by atoms with Crippen molar-refractivity contribution in [2.24, 2.45) is 0 Å². The second kappa shape index (κ2) is 6.74. The molecule has 1 aromatic heterocycles. The summed E-state index contributed by atoms with van der Waals surface area (Å²) in [7, 11) is 0. The van der Waals surface area contributed by atoms with Crippen LogP contribution in [0, 0.1) is 0 Å². The van der Waals surface area contributed by atoms with Gasteiger partial charge in [0.05, 0.1) is 12.1 Å². The van der Waals surface area contributed by atoms with Crippen molar-refractivity contribution < 1.29 is 9.59 Å². The van der Waals surface area contributed by atoms with Gasteiger partial charge < -0.3 is 10.6 Å². The van der Waals surface area contributed by atoms with Gasteiger partial charge in [-0.3, -0.25) is 14.7 Å². The van der Waals surface area contributed by atoms with Gasteiger partial charge in [-0.2, -0.15) is 5.10 Å². The molecule has 0 radical (unpaired) electrons. The minimum absolute atomic E-state index is 0.0904. The van der Waals surface area contributed by atoms with Crippen LogP contribution >= 0.6 is 0 Å². The molecule has 0 spiro atoms. The lowest BCUT2D eigenvalue weighted by atomic mass is 10.2. The molecule has 2 amide bonds. The fourth-order valence-corrected chi connectivity index (χ4v) is 2.24. The van der Waals surface area contributed by atoms with Crippen LogP contribution in [0.5, 0.6) is 0 Å². The number of para-hydroxylation sites is 1. The molecular formula is C17H16N4O2. The zero-order valence-electron chi connectivity index (χ0n) is 12.4. The van der Waals surface area contributed by atoms with E-state index in [-0.39, 0.29) is 24.1 Å². The predicted octanol–water partition coefficient (Wildman–Crippen LogP) is 1.61. The van der Waals surface area contributed by atoms with E-state index in [9.17, 15) is 9.59 Å². The van der Waals surface area contributed by atoms with E-state index < -0.39 is 0 Å². The highest BCUT2D eigenvalue weighted by Gasteiger charge is 2.14. The van der Waals surface area contributed by atoms with Crippen LogP contribution < -0.4 is 10.6 Å². The highest BCUT2D eigenvalue weighted by Crippen LogP contribution is 2.14. The van der Waals surface area contributed by atoms with Crippen LogP contribution in [-0.2, 0) is 11.3 Å². The van der Waals surface area contributed by atoms with Crippen LogP contribution in [0.25, 0.3) is 10.9 Å². The fraction of sp³-hybridized carbons (Fsp3) is 0.118. The van der Waals surface area contributed by atoms with Crippen LogP contribution in [0.2, 0.25) is 0 Å². The second-order valence-corrected chi connectivity index (χ2v) is 5.06. The summed E-state index contributed by atoms with van der Waals surface area (Å²) in [6, 6.07) is 16.9. The monoisotopic (exact) mass is 308 g/mol. The summed E-state index contributed by atoms with van der Waals surface area (Å²) >= 11 is 0. The zero-order chi connectivity index (χ0) is 16.1. The van der Waals surface area contributed by atoms with E-state index in [1.165, 1.54) is 0 Å². The molecule has 3 N–H and O–H groups in total. The first-order valence-corrected chi connectivity index (χ1v) is 7.26. The third kappa shape index (κ3) is 3.55. The quantitative estimate of drug-likeness (QED) is 0.669. The van der Waals surface area contributed by atoms with Gasteiger partial charge in [-0.05, 0) is 11.6 Å². The first kappa shape index (κ1) is 14.8. The van der Waals surface area contributed by atoms with Crippen LogP contribution in [0.1, 0.15) is 16.1 Å². The van der Waals surface area contributed by atoms with E-state index in [0.29, 0.717) is 6.54 Å². The molecule has 0 fully saturated rings. The number of nitrogens with one attached hydrogen (secondary N) is 3. The molecule has 0 bridgehead atoms. The molecule has 116 valence electrons. The predicted molar refractivity (Wildman–Crippen MR) is 86.7 cm³/mol. The standard InChI is InChI=1S/C17H16N4O2/c22-15(18-10-12-6-2-1-3-7-12)11-19-17(23)16-13-8-4-5-9-14(13)20-21-16/h1-9H,10-11H2,(H,18,22)(H,19,23)(H,20,21). The molecule has 0 saturated heterocycles. The first-order chi connectivity index (χ1) is 11.2. The third-order valence-electron chi connectivity index (χ3n) is 3.43. The van der Waals surface area contributed by atoms with E-state index in [4.69, 9.17) is 0 Å². The zero-order valence-corrected chi connectivity index (χ0v) is 12.4. The molecular weight excluding hydrogens is 292 g/mol. The minimum Gasteiger partial charge on any atom is -0.350 e. The van der Waals surface area contributed by atoms with Crippen molar-refractivity contribution in [3.63, 3.8) is 0 Å². The topological polar surface area (TPSA) is 86.9 Å². The molecule has 0 aliphatic rings. The van der Waals surface area contributed by atoms with Crippen molar-refractivity contribution in [3.05, 3.63) is 65.9 Å². The number of aromatic nitrogens is 2. The smallest absolute Gasteiger partial charge is 0.272 e. The number of nitrogens with zero attached hydrogens (tertiary/aromatic N) is 1. The lowest BCUT2D eigenvalue weighted by molar-refractivity contribution is -0.120. The summed E-state index contributed by atoms with van der Waals surface area (Å²) in [5.41, 5.74) is 2.08. The molecule has 3 aromatic rings. The van der Waals surface area contributed by atoms with Gasteiger partial charge in [-0.25, -0.2) is 0 Å². The fourth-order valence-electron chi connectivity index (χ4n) is 2.24. The maximum absolute atomic E-state index is 12.1. The van der Waals surface area contributed by atoms with Gasteiger partial charge in [-0.1, -0.05) is 48.5 Å². The largest absolute Gasteiger partial charge is 0.350 e. The van der Waals surface area contributed by atoms with E-state index in [0.717, 1.165) is 16.5 Å². The number of benzene rings is 2. The lowest BCUT2D eigenvalue weighted by Crippen LogP contribution is -2.36. The summed E-state index contributed by atoms with van der Waals surface area (Å²) < 4.78 is 0. The molecule has 0 aliphatic carbocycles. The van der Waals surface area contributed by atoms with Gasteiger partial charge in [0.25, 0.3) is 5.91 Å². The highest BCUT2D eigenvalue weighted by molar-refractivity contribution is 6.05. The van der Waals surface area contributed by atoms with Crippen molar-refractivity contribution in [2.75, 3.05) is 6.54 Å². The number of H-pyrrole nitrogens is 1. The van der Waals surface area contributed by atoms with E-state index in [2.05, 4.69) is 20.8 Å². The van der Waals surface area contributed by atoms with E-state index >= 15 is 0 Å². The Morgan fingerprint density at radius 2 is 1.70 bits per heavy atom. The van der Waals surface area contributed by atoms with Crippen molar-refractivity contribution in [3.8, 4) is 0 Å². The summed E-state index contributed by atoms with van der Waals surface area (Å²) in [4.78, 5) is 23.9. The van der Waals surface area contributed by atoms with Gasteiger partial charge in [0, 0.05) is 11.9 Å². The third-order valence-corrected chi connectivity index (χ3v) is 3.43. The van der Waals surface area contributed by atoms with Gasteiger partial charge in [0.2, 0.25) is 5.91 Å². The van der Waals surface area contributed by atoms with Gasteiger partial charge in [0.1, 0.15) is 0 Å². The average Bonchev–Trinajstić information content (AvgIpc) is 3.03. The van der Waals surface area contributed by atoms with Crippen molar-refractivity contribution in [2.45, 2.75) is 6.54 Å². The first-order valence-electron chi connectivity index (χ1n) is 7.26. The highest BCUT2D eigenvalue weighted by atomic mass is 16.2. The number of hydrogen-bond donors (Lipinski definition) is 3. The Bertz CT molecular complexity index is 827. The number of amides is 2. The van der Waals surface area contributed by atoms with Gasteiger partial charge in [-0.15, -0.1) is 0 Å². The van der Waals surface area contributed by atoms with Crippen molar-refractivity contribution in [1.82, 2.24) is 20.8 Å². The average molecular weight is 308 g/mol. The van der Waals surface area contributed by atoms with Crippen LogP contribution in [0.3, 0.4) is 0 Å². The summed E-state index contributed by atoms with van der Waals surface area (Å²) in [5.74, 6) is -0.626. The number of rotatable bonds is 5. The Hall–Kier alpha value is -3.15. The van der Waals surface area contributed by atoms with Crippen LogP contribution in [0.4, 0.5) is 0 Å². The SMILES string of the molecule is O=C(CNC(=O)c1n[nH]c2ccccc12)NCc1ccccc1. The Balaban J connectivity index is 1.53. The van der Waals surface area contributed by atoms with Gasteiger partial charge >= 0.3 is 0 Å². The molecule has 2 aromatic carbocycles. The Labute approximate surface area is 132 Å². The summed E-state index contributed by atoms with van der Waals surface area (Å²) in [6.45, 7) is 0.341. The maximum Gasteiger partial charge on any atom is 0.272 e. The van der Waals surface area contributed by atoms with Crippen LogP contribution in [-0.4, -0.2) is 28.6 Å². The van der Waals surface area contributed by atoms with E-state index in [1.807, 2.05) is 54.6 Å². The van der Waals surface area contributed by atoms with Crippen LogP contribution in [0.15, 0.2) is 54.6 Å². The second-order valence-electron chi connectivity index (χ2n) is 5.06. The number of hydrogen-bond acceptors (Lipinski definition) is 3.